The van der Waals surface area contributed by atoms with Gasteiger partial charge in [0.2, 0.25) is 10.0 Å². The molecule has 4 rings (SSSR count). The van der Waals surface area contributed by atoms with Gasteiger partial charge in [0.15, 0.2) is 0 Å². The summed E-state index contributed by atoms with van der Waals surface area (Å²) in [7, 11) is -0.410. The lowest BCUT2D eigenvalue weighted by Crippen LogP contribution is -2.30. The number of phenolic OH excluding ortho intramolecular Hbond substituents is 1. The summed E-state index contributed by atoms with van der Waals surface area (Å²) in [6.07, 6.45) is 0. The van der Waals surface area contributed by atoms with Crippen molar-refractivity contribution in [2.24, 2.45) is 0 Å². The van der Waals surface area contributed by atoms with E-state index in [9.17, 15) is 13.5 Å². The molecule has 0 aliphatic rings. The summed E-state index contributed by atoms with van der Waals surface area (Å²) < 4.78 is 38.2. The number of benzene rings is 4. The van der Waals surface area contributed by atoms with Crippen LogP contribution in [0.5, 0.6) is 17.2 Å². The smallest absolute Gasteiger partial charge is 0.243 e. The number of nitrogen functional groups attached to an aromatic ring is 1. The minimum atomic E-state index is -3.54. The maximum atomic E-state index is 12.8. The van der Waals surface area contributed by atoms with Crippen LogP contribution in [0, 0.1) is 13.8 Å². The van der Waals surface area contributed by atoms with Crippen molar-refractivity contribution in [3.63, 3.8) is 0 Å². The highest BCUT2D eigenvalue weighted by molar-refractivity contribution is 7.89. The SMILES string of the molecule is CCN(CC)S(=O)(=O)c1ccc(NNc2cc(OC)c(NCNc3c(C)cc4cc(C)cc(N)c4c3O)cc2OC)cc1. The molecule has 0 amide bonds. The summed E-state index contributed by atoms with van der Waals surface area (Å²) in [5.74, 6) is 1.18. The maximum Gasteiger partial charge on any atom is 0.243 e. The molecule has 7 N–H and O–H groups in total. The van der Waals surface area contributed by atoms with Gasteiger partial charge in [-0.1, -0.05) is 19.9 Å². The fraction of sp³-hybridized carbons (Fsp3) is 0.290. The molecule has 0 heterocycles. The van der Waals surface area contributed by atoms with Crippen LogP contribution in [0.25, 0.3) is 10.8 Å². The second-order valence-electron chi connectivity index (χ2n) is 10.0. The Kier molecular flexibility index (Phi) is 9.62. The number of nitrogens with one attached hydrogen (secondary N) is 4. The van der Waals surface area contributed by atoms with Gasteiger partial charge in [0.25, 0.3) is 0 Å². The van der Waals surface area contributed by atoms with Gasteiger partial charge in [0.05, 0.1) is 48.5 Å². The van der Waals surface area contributed by atoms with E-state index in [0.29, 0.717) is 58.4 Å². The quantitative estimate of drug-likeness (QED) is 0.0482. The van der Waals surface area contributed by atoms with Gasteiger partial charge in [-0.3, -0.25) is 5.43 Å². The summed E-state index contributed by atoms with van der Waals surface area (Å²) >= 11 is 0. The molecule has 0 saturated carbocycles. The molecule has 230 valence electrons. The zero-order valence-electron chi connectivity index (χ0n) is 25.3. The number of rotatable bonds is 13. The fourth-order valence-electron chi connectivity index (χ4n) is 4.99. The first-order valence-corrected chi connectivity index (χ1v) is 15.4. The van der Waals surface area contributed by atoms with Crippen LogP contribution in [0.1, 0.15) is 25.0 Å². The number of sulfonamides is 1. The lowest BCUT2D eigenvalue weighted by Gasteiger charge is -2.20. The number of methoxy groups -OCH3 is 2. The number of aromatic hydroxyl groups is 1. The van der Waals surface area contributed by atoms with Gasteiger partial charge >= 0.3 is 0 Å². The van der Waals surface area contributed by atoms with Crippen LogP contribution in [0.15, 0.2) is 59.5 Å². The van der Waals surface area contributed by atoms with E-state index in [1.165, 1.54) is 4.31 Å². The van der Waals surface area contributed by atoms with Gasteiger partial charge in [-0.05, 0) is 66.8 Å². The molecule has 11 nitrogen and oxygen atoms in total. The van der Waals surface area contributed by atoms with Gasteiger partial charge in [-0.2, -0.15) is 4.31 Å². The molecule has 0 atom stereocenters. The predicted molar refractivity (Wildman–Crippen MR) is 175 cm³/mol. The lowest BCUT2D eigenvalue weighted by molar-refractivity contribution is 0.406. The number of nitrogens with two attached hydrogens (primary N) is 1. The molecule has 0 radical (unpaired) electrons. The van der Waals surface area contributed by atoms with Gasteiger partial charge in [0, 0.05) is 36.3 Å². The number of hydrazine groups is 1. The molecule has 4 aromatic rings. The fourth-order valence-corrected chi connectivity index (χ4v) is 6.45. The molecular formula is C31H40N6O5S. The molecule has 0 saturated heterocycles. The molecule has 12 heteroatoms. The second-order valence-corrected chi connectivity index (χ2v) is 12.0. The number of hydrogen-bond donors (Lipinski definition) is 6. The van der Waals surface area contributed by atoms with E-state index in [1.54, 1.807) is 50.6 Å². The number of hydrogen-bond acceptors (Lipinski definition) is 10. The summed E-state index contributed by atoms with van der Waals surface area (Å²) in [6.45, 7) is 8.61. The summed E-state index contributed by atoms with van der Waals surface area (Å²) in [5.41, 5.74) is 17.3. The van der Waals surface area contributed by atoms with E-state index >= 15 is 0 Å². The second kappa shape index (κ2) is 13.2. The monoisotopic (exact) mass is 608 g/mol. The third kappa shape index (κ3) is 6.60. The normalized spacial score (nSPS) is 11.4. The zero-order valence-corrected chi connectivity index (χ0v) is 26.1. The van der Waals surface area contributed by atoms with Gasteiger partial charge in [0.1, 0.15) is 17.2 Å². The molecule has 0 unspecified atom stereocenters. The Balaban J connectivity index is 1.47. The highest BCUT2D eigenvalue weighted by Gasteiger charge is 2.21. The van der Waals surface area contributed by atoms with Crippen molar-refractivity contribution >= 4 is 49.2 Å². The predicted octanol–water partition coefficient (Wildman–Crippen LogP) is 5.71. The summed E-state index contributed by atoms with van der Waals surface area (Å²) in [6, 6.07) is 15.9. The van der Waals surface area contributed by atoms with Crippen LogP contribution in [0.4, 0.5) is 28.4 Å². The topological polar surface area (TPSA) is 150 Å². The molecular weight excluding hydrogens is 568 g/mol. The molecule has 0 bridgehead atoms. The van der Waals surface area contributed by atoms with Gasteiger partial charge in [-0.25, -0.2) is 8.42 Å². The molecule has 4 aromatic carbocycles. The number of phenols is 1. The van der Waals surface area contributed by atoms with Crippen LogP contribution >= 0.6 is 0 Å². The Bertz CT molecular complexity index is 1710. The molecule has 0 aliphatic carbocycles. The van der Waals surface area contributed by atoms with E-state index in [1.807, 2.05) is 45.9 Å². The summed E-state index contributed by atoms with van der Waals surface area (Å²) in [4.78, 5) is 0.232. The standard InChI is InChI=1S/C31H40N6O5S/c1-7-37(8-2)43(39,40)23-11-9-22(10-12-23)35-36-26-17-27(41-5)25(16-28(26)42-6)33-18-34-30-20(4)15-21-13-19(3)14-24(32)29(21)31(30)38/h9-17,33-36,38H,7-8,18,32H2,1-6H3. The van der Waals surface area contributed by atoms with Crippen molar-refractivity contribution in [1.29, 1.82) is 0 Å². The van der Waals surface area contributed by atoms with Crippen molar-refractivity contribution < 1.29 is 23.0 Å². The highest BCUT2D eigenvalue weighted by atomic mass is 32.2. The third-order valence-electron chi connectivity index (χ3n) is 7.19. The maximum absolute atomic E-state index is 12.8. The van der Waals surface area contributed by atoms with Crippen LogP contribution in [-0.4, -0.2) is 51.8 Å². The summed E-state index contributed by atoms with van der Waals surface area (Å²) in [5, 5.41) is 19.0. The third-order valence-corrected chi connectivity index (χ3v) is 9.25. The van der Waals surface area contributed by atoms with Crippen LogP contribution in [-0.2, 0) is 10.0 Å². The highest BCUT2D eigenvalue weighted by Crippen LogP contribution is 2.40. The minimum absolute atomic E-state index is 0.100. The molecule has 0 fully saturated rings. The van der Waals surface area contributed by atoms with Crippen LogP contribution < -0.4 is 36.7 Å². The number of fused-ring (bicyclic) bond motifs is 1. The molecule has 0 aliphatic heterocycles. The van der Waals surface area contributed by atoms with Crippen molar-refractivity contribution in [2.45, 2.75) is 32.6 Å². The number of aryl methyl sites for hydroxylation is 2. The molecule has 0 spiro atoms. The minimum Gasteiger partial charge on any atom is -0.505 e. The number of ether oxygens (including phenoxy) is 2. The average molecular weight is 609 g/mol. The Labute approximate surface area is 253 Å². The van der Waals surface area contributed by atoms with Crippen LogP contribution in [0.2, 0.25) is 0 Å². The zero-order chi connectivity index (χ0) is 31.3. The van der Waals surface area contributed by atoms with E-state index in [-0.39, 0.29) is 17.3 Å². The van der Waals surface area contributed by atoms with Crippen LogP contribution in [0.3, 0.4) is 0 Å². The Morgan fingerprint density at radius 2 is 1.49 bits per heavy atom. The van der Waals surface area contributed by atoms with E-state index in [2.05, 4.69) is 21.5 Å². The number of nitrogens with zero attached hydrogens (tertiary/aromatic N) is 1. The van der Waals surface area contributed by atoms with E-state index in [4.69, 9.17) is 15.2 Å². The van der Waals surface area contributed by atoms with Gasteiger partial charge in [-0.15, -0.1) is 0 Å². The van der Waals surface area contributed by atoms with E-state index < -0.39 is 10.0 Å². The first-order chi connectivity index (χ1) is 20.5. The average Bonchev–Trinajstić information content (AvgIpc) is 2.97. The lowest BCUT2D eigenvalue weighted by atomic mass is 10.0. The first kappa shape index (κ1) is 31.4. The van der Waals surface area contributed by atoms with Crippen molar-refractivity contribution in [2.75, 3.05) is 61.2 Å². The van der Waals surface area contributed by atoms with Crippen molar-refractivity contribution in [3.05, 3.63) is 65.7 Å². The van der Waals surface area contributed by atoms with E-state index in [0.717, 1.165) is 16.5 Å². The van der Waals surface area contributed by atoms with Gasteiger partial charge < -0.3 is 36.4 Å². The molecule has 0 aromatic heterocycles. The largest absolute Gasteiger partial charge is 0.505 e. The van der Waals surface area contributed by atoms with Crippen molar-refractivity contribution in [1.82, 2.24) is 4.31 Å². The van der Waals surface area contributed by atoms with Crippen molar-refractivity contribution in [3.8, 4) is 17.2 Å². The first-order valence-electron chi connectivity index (χ1n) is 13.9. The Morgan fingerprint density at radius 1 is 0.860 bits per heavy atom. The Hall–Kier alpha value is -4.55. The number of anilines is 5. The Morgan fingerprint density at radius 3 is 2.12 bits per heavy atom. The molecule has 43 heavy (non-hydrogen) atoms.